The van der Waals surface area contributed by atoms with E-state index in [0.29, 0.717) is 24.0 Å². The van der Waals surface area contributed by atoms with Crippen molar-refractivity contribution in [3.05, 3.63) is 34.9 Å². The minimum Gasteiger partial charge on any atom is -0.392 e. The van der Waals surface area contributed by atoms with Gasteiger partial charge >= 0.3 is 0 Å². The van der Waals surface area contributed by atoms with E-state index in [0.717, 1.165) is 18.5 Å². The first kappa shape index (κ1) is 16.3. The molecule has 1 aromatic carbocycles. The van der Waals surface area contributed by atoms with Gasteiger partial charge in [0.05, 0.1) is 18.7 Å². The number of β-amino-alcohol motifs (C(OH)–C–C–N with tert-alkyl or cyclic N) is 1. The van der Waals surface area contributed by atoms with Crippen molar-refractivity contribution in [2.75, 3.05) is 19.6 Å². The van der Waals surface area contributed by atoms with Crippen LogP contribution in [0.3, 0.4) is 0 Å². The quantitative estimate of drug-likeness (QED) is 0.896. The Hall–Kier alpha value is -1.10. The van der Waals surface area contributed by atoms with Gasteiger partial charge in [0.15, 0.2) is 0 Å². The van der Waals surface area contributed by atoms with Crippen molar-refractivity contribution >= 4 is 17.5 Å². The van der Waals surface area contributed by atoms with Crippen LogP contribution in [-0.2, 0) is 4.79 Å². The summed E-state index contributed by atoms with van der Waals surface area (Å²) in [5.41, 5.74) is 1.03. The van der Waals surface area contributed by atoms with Crippen LogP contribution in [0.15, 0.2) is 24.3 Å². The summed E-state index contributed by atoms with van der Waals surface area (Å²) in [6, 6.07) is 7.42. The zero-order valence-corrected chi connectivity index (χ0v) is 13.3. The third-order valence-corrected chi connectivity index (χ3v) is 4.37. The fourth-order valence-corrected chi connectivity index (χ4v) is 2.71. The molecule has 2 N–H and O–H groups in total. The molecule has 4 nitrogen and oxygen atoms in total. The summed E-state index contributed by atoms with van der Waals surface area (Å²) >= 11 is 5.86. The maximum absolute atomic E-state index is 12.1. The number of aliphatic hydroxyl groups excluding tert-OH is 1. The topological polar surface area (TPSA) is 52.6 Å². The van der Waals surface area contributed by atoms with Gasteiger partial charge in [-0.1, -0.05) is 30.7 Å². The predicted molar refractivity (Wildman–Crippen MR) is 84.2 cm³/mol. The molecule has 2 rings (SSSR count). The lowest BCUT2D eigenvalue weighted by molar-refractivity contribution is -0.123. The molecule has 3 unspecified atom stereocenters. The number of amides is 1. The Labute approximate surface area is 131 Å². The average molecular weight is 311 g/mol. The molecule has 0 spiro atoms. The summed E-state index contributed by atoms with van der Waals surface area (Å²) in [4.78, 5) is 14.1. The number of hydrogen-bond donors (Lipinski definition) is 2. The highest BCUT2D eigenvalue weighted by Gasteiger charge is 2.25. The third-order valence-electron chi connectivity index (χ3n) is 4.12. The molecule has 1 fully saturated rings. The van der Waals surface area contributed by atoms with Crippen LogP contribution in [0.4, 0.5) is 0 Å². The minimum atomic E-state index is -0.333. The Morgan fingerprint density at radius 3 is 2.76 bits per heavy atom. The highest BCUT2D eigenvalue weighted by Crippen LogP contribution is 2.18. The van der Waals surface area contributed by atoms with Gasteiger partial charge in [0, 0.05) is 11.6 Å². The number of nitrogens with zero attached hydrogens (tertiary/aromatic N) is 1. The van der Waals surface area contributed by atoms with Gasteiger partial charge in [-0.05, 0) is 43.5 Å². The molecule has 0 bridgehead atoms. The summed E-state index contributed by atoms with van der Waals surface area (Å²) in [6.07, 6.45) is 0.599. The predicted octanol–water partition coefficient (Wildman–Crippen LogP) is 2.22. The lowest BCUT2D eigenvalue weighted by Crippen LogP contribution is -2.47. The Balaban J connectivity index is 1.82. The lowest BCUT2D eigenvalue weighted by atomic mass is 9.96. The van der Waals surface area contributed by atoms with Gasteiger partial charge in [-0.3, -0.25) is 9.69 Å². The number of hydrogen-bond acceptors (Lipinski definition) is 3. The zero-order valence-electron chi connectivity index (χ0n) is 12.6. The summed E-state index contributed by atoms with van der Waals surface area (Å²) in [5.74, 6) is 0.302. The van der Waals surface area contributed by atoms with E-state index >= 15 is 0 Å². The Bertz CT molecular complexity index is 478. The highest BCUT2D eigenvalue weighted by molar-refractivity contribution is 6.30. The van der Waals surface area contributed by atoms with Crippen LogP contribution in [0.5, 0.6) is 0 Å². The first-order valence-electron chi connectivity index (χ1n) is 7.41. The minimum absolute atomic E-state index is 0.0146. The molecule has 1 heterocycles. The van der Waals surface area contributed by atoms with E-state index in [4.69, 9.17) is 11.6 Å². The first-order chi connectivity index (χ1) is 9.95. The highest BCUT2D eigenvalue weighted by atomic mass is 35.5. The van der Waals surface area contributed by atoms with Crippen LogP contribution in [0, 0.1) is 5.92 Å². The van der Waals surface area contributed by atoms with Gasteiger partial charge in [0.1, 0.15) is 0 Å². The van der Waals surface area contributed by atoms with Crippen LogP contribution >= 0.6 is 11.6 Å². The van der Waals surface area contributed by atoms with Crippen LogP contribution in [0.1, 0.15) is 31.9 Å². The molecule has 0 aromatic heterocycles. The lowest BCUT2D eigenvalue weighted by Gasteiger charge is -2.33. The van der Waals surface area contributed by atoms with E-state index in [1.807, 2.05) is 43.0 Å². The number of aliphatic hydroxyl groups is 1. The van der Waals surface area contributed by atoms with Crippen LogP contribution in [-0.4, -0.2) is 41.7 Å². The largest absolute Gasteiger partial charge is 0.392 e. The van der Waals surface area contributed by atoms with E-state index in [2.05, 4.69) is 5.32 Å². The molecule has 1 amide bonds. The van der Waals surface area contributed by atoms with Gasteiger partial charge in [-0.25, -0.2) is 0 Å². The van der Waals surface area contributed by atoms with Crippen molar-refractivity contribution in [2.45, 2.75) is 32.4 Å². The summed E-state index contributed by atoms with van der Waals surface area (Å²) in [5, 5.41) is 13.5. The van der Waals surface area contributed by atoms with Crippen molar-refractivity contribution in [1.29, 1.82) is 0 Å². The summed E-state index contributed by atoms with van der Waals surface area (Å²) < 4.78 is 0. The van der Waals surface area contributed by atoms with Crippen molar-refractivity contribution < 1.29 is 9.90 Å². The van der Waals surface area contributed by atoms with E-state index < -0.39 is 0 Å². The molecular formula is C16H23ClN2O2. The van der Waals surface area contributed by atoms with E-state index in [-0.39, 0.29) is 18.1 Å². The second-order valence-corrected chi connectivity index (χ2v) is 6.35. The average Bonchev–Trinajstić information content (AvgIpc) is 2.43. The van der Waals surface area contributed by atoms with Crippen molar-refractivity contribution in [2.24, 2.45) is 5.92 Å². The fourth-order valence-electron chi connectivity index (χ4n) is 2.58. The smallest absolute Gasteiger partial charge is 0.234 e. The normalized spacial score (nSPS) is 24.6. The van der Waals surface area contributed by atoms with Crippen molar-refractivity contribution in [1.82, 2.24) is 10.2 Å². The SMILES string of the molecule is CC(NC(=O)CN1CCC(C)C(O)C1)c1ccc(Cl)cc1. The van der Waals surface area contributed by atoms with Gasteiger partial charge in [0.2, 0.25) is 5.91 Å². The second kappa shape index (κ2) is 7.25. The summed E-state index contributed by atoms with van der Waals surface area (Å²) in [6.45, 7) is 5.77. The molecule has 1 aliphatic rings. The zero-order chi connectivity index (χ0) is 15.4. The molecule has 116 valence electrons. The third kappa shape index (κ3) is 4.70. The molecule has 1 aromatic rings. The maximum atomic E-state index is 12.1. The van der Waals surface area contributed by atoms with Gasteiger partial charge in [-0.2, -0.15) is 0 Å². The molecule has 0 aliphatic carbocycles. The first-order valence-corrected chi connectivity index (χ1v) is 7.78. The van der Waals surface area contributed by atoms with Crippen LogP contribution < -0.4 is 5.32 Å². The number of rotatable bonds is 4. The Kier molecular flexibility index (Phi) is 5.62. The van der Waals surface area contributed by atoms with Gasteiger partial charge < -0.3 is 10.4 Å². The van der Waals surface area contributed by atoms with Gasteiger partial charge in [-0.15, -0.1) is 0 Å². The van der Waals surface area contributed by atoms with E-state index in [9.17, 15) is 9.90 Å². The number of carbonyl (C=O) groups excluding carboxylic acids is 1. The maximum Gasteiger partial charge on any atom is 0.234 e. The fraction of sp³-hybridized carbons (Fsp3) is 0.562. The molecule has 21 heavy (non-hydrogen) atoms. The number of benzene rings is 1. The van der Waals surface area contributed by atoms with Crippen LogP contribution in [0.25, 0.3) is 0 Å². The monoisotopic (exact) mass is 310 g/mol. The second-order valence-electron chi connectivity index (χ2n) is 5.91. The standard InChI is InChI=1S/C16H23ClN2O2/c1-11-7-8-19(9-15(11)20)10-16(21)18-12(2)13-3-5-14(17)6-4-13/h3-6,11-12,15,20H,7-10H2,1-2H3,(H,18,21). The molecular weight excluding hydrogens is 288 g/mol. The number of piperidine rings is 1. The molecule has 0 radical (unpaired) electrons. The van der Waals surface area contributed by atoms with Crippen LogP contribution in [0.2, 0.25) is 5.02 Å². The van der Waals surface area contributed by atoms with E-state index in [1.54, 1.807) is 0 Å². The number of halogens is 1. The Morgan fingerprint density at radius 1 is 1.48 bits per heavy atom. The molecule has 1 saturated heterocycles. The summed E-state index contributed by atoms with van der Waals surface area (Å²) in [7, 11) is 0. The number of carbonyl (C=O) groups is 1. The number of likely N-dealkylation sites (tertiary alicyclic amines) is 1. The van der Waals surface area contributed by atoms with E-state index in [1.165, 1.54) is 0 Å². The van der Waals surface area contributed by atoms with Crippen molar-refractivity contribution in [3.8, 4) is 0 Å². The molecule has 1 aliphatic heterocycles. The number of nitrogens with one attached hydrogen (secondary N) is 1. The molecule has 5 heteroatoms. The Morgan fingerprint density at radius 2 is 2.14 bits per heavy atom. The molecule has 0 saturated carbocycles. The molecule has 3 atom stereocenters. The van der Waals surface area contributed by atoms with Crippen molar-refractivity contribution in [3.63, 3.8) is 0 Å². The van der Waals surface area contributed by atoms with Gasteiger partial charge in [0.25, 0.3) is 0 Å².